The first-order chi connectivity index (χ1) is 8.50. The molecule has 7 nitrogen and oxygen atoms in total. The van der Waals surface area contributed by atoms with Crippen molar-refractivity contribution in [3.63, 3.8) is 0 Å². The Morgan fingerprint density at radius 1 is 1.44 bits per heavy atom. The van der Waals surface area contributed by atoms with E-state index in [1.165, 1.54) is 31.3 Å². The average molecular weight is 251 g/mol. The highest BCUT2D eigenvalue weighted by Gasteiger charge is 2.35. The summed E-state index contributed by atoms with van der Waals surface area (Å²) in [6.45, 7) is 0. The van der Waals surface area contributed by atoms with E-state index in [2.05, 4.69) is 5.32 Å². The monoisotopic (exact) mass is 251 g/mol. The number of nitrogens with one attached hydrogen (secondary N) is 1. The highest BCUT2D eigenvalue weighted by molar-refractivity contribution is 5.98. The van der Waals surface area contributed by atoms with E-state index in [0.29, 0.717) is 0 Å². The van der Waals surface area contributed by atoms with E-state index in [-0.39, 0.29) is 18.1 Å². The van der Waals surface area contributed by atoms with Crippen LogP contribution in [0.1, 0.15) is 17.0 Å². The molecule has 0 spiro atoms. The smallest absolute Gasteiger partial charge is 0.327 e. The van der Waals surface area contributed by atoms with Crippen LogP contribution < -0.4 is 5.32 Å². The second-order valence-corrected chi connectivity index (χ2v) is 4.02. The summed E-state index contributed by atoms with van der Waals surface area (Å²) in [6, 6.07) is 2.65. The lowest BCUT2D eigenvalue weighted by atomic mass is 10.2. The molecule has 0 aromatic carbocycles. The molecular weight excluding hydrogens is 238 g/mol. The SMILES string of the molecule is CN1C(=O)CC(NC(=O)c2ccco2)N(C)C1=O. The summed E-state index contributed by atoms with van der Waals surface area (Å²) >= 11 is 0. The maximum Gasteiger partial charge on any atom is 0.327 e. The van der Waals surface area contributed by atoms with Gasteiger partial charge in [-0.15, -0.1) is 0 Å². The minimum atomic E-state index is -0.654. The van der Waals surface area contributed by atoms with Crippen LogP contribution in [0.5, 0.6) is 0 Å². The van der Waals surface area contributed by atoms with Gasteiger partial charge in [-0.05, 0) is 12.1 Å². The molecule has 1 atom stereocenters. The molecule has 4 amide bonds. The van der Waals surface area contributed by atoms with Crippen molar-refractivity contribution in [2.45, 2.75) is 12.6 Å². The molecule has 1 aliphatic rings. The molecule has 0 radical (unpaired) electrons. The predicted octanol–water partition coefficient (Wildman–Crippen LogP) is 0.249. The largest absolute Gasteiger partial charge is 0.459 e. The average Bonchev–Trinajstić information content (AvgIpc) is 2.87. The van der Waals surface area contributed by atoms with Gasteiger partial charge in [0.2, 0.25) is 5.91 Å². The predicted molar refractivity (Wildman–Crippen MR) is 60.5 cm³/mol. The molecule has 0 saturated carbocycles. The third-order valence-electron chi connectivity index (χ3n) is 2.84. The molecule has 1 fully saturated rings. The Hall–Kier alpha value is -2.31. The van der Waals surface area contributed by atoms with Gasteiger partial charge in [0, 0.05) is 14.1 Å². The summed E-state index contributed by atoms with van der Waals surface area (Å²) < 4.78 is 4.94. The second kappa shape index (κ2) is 4.52. The Morgan fingerprint density at radius 3 is 2.78 bits per heavy atom. The molecule has 1 aromatic rings. The molecule has 2 heterocycles. The summed E-state index contributed by atoms with van der Waals surface area (Å²) in [5.74, 6) is -0.646. The van der Waals surface area contributed by atoms with Crippen LogP contribution >= 0.6 is 0 Å². The van der Waals surface area contributed by atoms with Crippen LogP contribution in [0.4, 0.5) is 4.79 Å². The van der Waals surface area contributed by atoms with Gasteiger partial charge in [-0.3, -0.25) is 14.5 Å². The maximum atomic E-state index is 11.7. The zero-order chi connectivity index (χ0) is 13.3. The Labute approximate surface area is 103 Å². The zero-order valence-electron chi connectivity index (χ0n) is 10.0. The molecule has 1 aromatic heterocycles. The Bertz CT molecular complexity index is 482. The van der Waals surface area contributed by atoms with Crippen LogP contribution in [0.15, 0.2) is 22.8 Å². The molecule has 7 heteroatoms. The third kappa shape index (κ3) is 2.06. The van der Waals surface area contributed by atoms with E-state index >= 15 is 0 Å². The van der Waals surface area contributed by atoms with Gasteiger partial charge < -0.3 is 14.6 Å². The summed E-state index contributed by atoms with van der Waals surface area (Å²) in [7, 11) is 2.93. The zero-order valence-corrected chi connectivity index (χ0v) is 10.0. The molecule has 1 aliphatic heterocycles. The molecule has 1 unspecified atom stereocenters. The molecule has 0 aliphatic carbocycles. The van der Waals surface area contributed by atoms with E-state index < -0.39 is 18.1 Å². The molecule has 2 rings (SSSR count). The Balaban J connectivity index is 2.08. The molecule has 1 N–H and O–H groups in total. The lowest BCUT2D eigenvalue weighted by molar-refractivity contribution is -0.131. The highest BCUT2D eigenvalue weighted by atomic mass is 16.3. The summed E-state index contributed by atoms with van der Waals surface area (Å²) in [5, 5.41) is 2.58. The highest BCUT2D eigenvalue weighted by Crippen LogP contribution is 2.13. The number of hydrogen-bond donors (Lipinski definition) is 1. The van der Waals surface area contributed by atoms with Crippen LogP contribution in [-0.2, 0) is 4.79 Å². The first-order valence-electron chi connectivity index (χ1n) is 5.38. The van der Waals surface area contributed by atoms with Gasteiger partial charge in [0.25, 0.3) is 5.91 Å². The van der Waals surface area contributed by atoms with Gasteiger partial charge in [-0.1, -0.05) is 0 Å². The van der Waals surface area contributed by atoms with E-state index in [1.807, 2.05) is 0 Å². The maximum absolute atomic E-state index is 11.7. The summed E-state index contributed by atoms with van der Waals surface area (Å²) in [6.07, 6.45) is 0.771. The van der Waals surface area contributed by atoms with Crippen LogP contribution in [-0.4, -0.2) is 47.9 Å². The number of rotatable bonds is 2. The fraction of sp³-hybridized carbons (Fsp3) is 0.364. The van der Waals surface area contributed by atoms with Gasteiger partial charge in [0.05, 0.1) is 12.7 Å². The van der Waals surface area contributed by atoms with E-state index in [0.717, 1.165) is 4.90 Å². The van der Waals surface area contributed by atoms with Crippen molar-refractivity contribution in [2.24, 2.45) is 0 Å². The van der Waals surface area contributed by atoms with Crippen LogP contribution in [0.2, 0.25) is 0 Å². The van der Waals surface area contributed by atoms with Crippen molar-refractivity contribution in [3.05, 3.63) is 24.2 Å². The molecule has 0 bridgehead atoms. The number of carbonyl (C=O) groups excluding carboxylic acids is 3. The number of carbonyl (C=O) groups is 3. The minimum Gasteiger partial charge on any atom is -0.459 e. The summed E-state index contributed by atoms with van der Waals surface area (Å²) in [5.41, 5.74) is 0. The Kier molecular flexibility index (Phi) is 3.05. The van der Waals surface area contributed by atoms with E-state index in [1.54, 1.807) is 6.07 Å². The quantitative estimate of drug-likeness (QED) is 0.816. The van der Waals surface area contributed by atoms with Gasteiger partial charge in [0.1, 0.15) is 6.17 Å². The van der Waals surface area contributed by atoms with Crippen LogP contribution in [0.25, 0.3) is 0 Å². The normalized spacial score (nSPS) is 20.2. The molecular formula is C11H13N3O4. The molecule has 1 saturated heterocycles. The first kappa shape index (κ1) is 12.2. The second-order valence-electron chi connectivity index (χ2n) is 4.02. The number of hydrogen-bond acceptors (Lipinski definition) is 4. The van der Waals surface area contributed by atoms with Crippen molar-refractivity contribution in [1.82, 2.24) is 15.1 Å². The number of nitrogens with zero attached hydrogens (tertiary/aromatic N) is 2. The topological polar surface area (TPSA) is 82.9 Å². The lowest BCUT2D eigenvalue weighted by Crippen LogP contribution is -2.59. The number of furan rings is 1. The lowest BCUT2D eigenvalue weighted by Gasteiger charge is -2.36. The summed E-state index contributed by atoms with van der Waals surface area (Å²) in [4.78, 5) is 37.3. The van der Waals surface area contributed by atoms with Crippen molar-refractivity contribution in [1.29, 1.82) is 0 Å². The molecule has 18 heavy (non-hydrogen) atoms. The van der Waals surface area contributed by atoms with Crippen molar-refractivity contribution < 1.29 is 18.8 Å². The Morgan fingerprint density at radius 2 is 2.17 bits per heavy atom. The van der Waals surface area contributed by atoms with E-state index in [4.69, 9.17) is 4.42 Å². The van der Waals surface area contributed by atoms with Crippen molar-refractivity contribution in [2.75, 3.05) is 14.1 Å². The van der Waals surface area contributed by atoms with Crippen LogP contribution in [0, 0.1) is 0 Å². The van der Waals surface area contributed by atoms with Crippen molar-refractivity contribution in [3.8, 4) is 0 Å². The molecule has 96 valence electrons. The third-order valence-corrected chi connectivity index (χ3v) is 2.84. The number of urea groups is 1. The van der Waals surface area contributed by atoms with Gasteiger partial charge >= 0.3 is 6.03 Å². The minimum absolute atomic E-state index is 0.0468. The number of amides is 4. The fourth-order valence-electron chi connectivity index (χ4n) is 1.69. The number of imide groups is 1. The van der Waals surface area contributed by atoms with Gasteiger partial charge in [-0.2, -0.15) is 0 Å². The first-order valence-corrected chi connectivity index (χ1v) is 5.38. The van der Waals surface area contributed by atoms with Gasteiger partial charge in [-0.25, -0.2) is 4.79 Å². The van der Waals surface area contributed by atoms with Crippen LogP contribution in [0.3, 0.4) is 0 Å². The standard InChI is InChI=1S/C11H13N3O4/c1-13-8(6-9(15)14(2)11(13)17)12-10(16)7-4-3-5-18-7/h3-5,8H,6H2,1-2H3,(H,12,16). The van der Waals surface area contributed by atoms with E-state index in [9.17, 15) is 14.4 Å². The van der Waals surface area contributed by atoms with Gasteiger partial charge in [0.15, 0.2) is 5.76 Å². The van der Waals surface area contributed by atoms with Crippen molar-refractivity contribution >= 4 is 17.8 Å². The fourth-order valence-corrected chi connectivity index (χ4v) is 1.69.